The lowest BCUT2D eigenvalue weighted by atomic mass is 10.1. The highest BCUT2D eigenvalue weighted by molar-refractivity contribution is 7.92. The zero-order chi connectivity index (χ0) is 21.8. The number of hydrogen-bond donors (Lipinski definition) is 1. The predicted octanol–water partition coefficient (Wildman–Crippen LogP) is 3.35. The van der Waals surface area contributed by atoms with Gasteiger partial charge in [0.1, 0.15) is 18.4 Å². The van der Waals surface area contributed by atoms with Crippen LogP contribution in [0.5, 0.6) is 5.75 Å². The number of benzene rings is 2. The van der Waals surface area contributed by atoms with Gasteiger partial charge in [-0.25, -0.2) is 8.42 Å². The molecule has 0 heterocycles. The third kappa shape index (κ3) is 6.22. The standard InChI is InChI=1S/C22H30N2O4S/c1-15-8-11-20(12-9-15)28-14-18(4)23-22(25)19(5)24(29(6,26)27)21-13-16(2)7-10-17(21)3/h7-13,18-19H,14H2,1-6H3,(H,23,25)/t18-,19-/m0/s1. The smallest absolute Gasteiger partial charge is 0.243 e. The number of nitrogens with one attached hydrogen (secondary N) is 1. The van der Waals surface area contributed by atoms with Gasteiger partial charge in [-0.05, 0) is 63.9 Å². The Morgan fingerprint density at radius 2 is 1.62 bits per heavy atom. The molecule has 0 spiro atoms. The molecule has 2 atom stereocenters. The second kappa shape index (κ2) is 9.31. The summed E-state index contributed by atoms with van der Waals surface area (Å²) in [4.78, 5) is 12.8. The molecule has 0 aliphatic rings. The van der Waals surface area contributed by atoms with Gasteiger partial charge in [-0.1, -0.05) is 29.8 Å². The fourth-order valence-electron chi connectivity index (χ4n) is 3.00. The highest BCUT2D eigenvalue weighted by atomic mass is 32.2. The minimum atomic E-state index is -3.66. The van der Waals surface area contributed by atoms with E-state index in [0.29, 0.717) is 5.69 Å². The van der Waals surface area contributed by atoms with Crippen LogP contribution < -0.4 is 14.4 Å². The van der Waals surface area contributed by atoms with Gasteiger partial charge in [0.05, 0.1) is 18.0 Å². The number of nitrogens with zero attached hydrogens (tertiary/aromatic N) is 1. The highest BCUT2D eigenvalue weighted by Crippen LogP contribution is 2.26. The van der Waals surface area contributed by atoms with E-state index in [0.717, 1.165) is 28.7 Å². The van der Waals surface area contributed by atoms with Gasteiger partial charge in [-0.15, -0.1) is 0 Å². The summed E-state index contributed by atoms with van der Waals surface area (Å²) in [6.07, 6.45) is 1.11. The number of aryl methyl sites for hydroxylation is 3. The first-order valence-corrected chi connectivity index (χ1v) is 11.4. The van der Waals surface area contributed by atoms with E-state index in [1.807, 2.05) is 64.1 Å². The molecule has 6 nitrogen and oxygen atoms in total. The fraction of sp³-hybridized carbons (Fsp3) is 0.409. The lowest BCUT2D eigenvalue weighted by Gasteiger charge is -2.30. The fourth-order valence-corrected chi connectivity index (χ4v) is 4.22. The van der Waals surface area contributed by atoms with Crippen LogP contribution in [0, 0.1) is 20.8 Å². The van der Waals surface area contributed by atoms with Gasteiger partial charge in [0.25, 0.3) is 0 Å². The normalized spacial score (nSPS) is 13.4. The van der Waals surface area contributed by atoms with E-state index in [4.69, 9.17) is 4.74 Å². The average Bonchev–Trinajstić information content (AvgIpc) is 2.63. The molecule has 29 heavy (non-hydrogen) atoms. The number of ether oxygens (including phenoxy) is 1. The van der Waals surface area contributed by atoms with E-state index in [9.17, 15) is 13.2 Å². The molecule has 2 aromatic carbocycles. The van der Waals surface area contributed by atoms with Crippen LogP contribution in [-0.2, 0) is 14.8 Å². The van der Waals surface area contributed by atoms with Crippen molar-refractivity contribution in [3.8, 4) is 5.75 Å². The van der Waals surface area contributed by atoms with E-state index >= 15 is 0 Å². The Hall–Kier alpha value is -2.54. The Kier molecular flexibility index (Phi) is 7.30. The summed E-state index contributed by atoms with van der Waals surface area (Å²) in [6, 6.07) is 12.0. The Balaban J connectivity index is 2.10. The van der Waals surface area contributed by atoms with E-state index in [1.54, 1.807) is 13.0 Å². The van der Waals surface area contributed by atoms with E-state index in [2.05, 4.69) is 5.32 Å². The molecule has 0 aliphatic heterocycles. The summed E-state index contributed by atoms with van der Waals surface area (Å²) in [5.41, 5.74) is 3.36. The number of carbonyl (C=O) groups is 1. The van der Waals surface area contributed by atoms with Gasteiger partial charge < -0.3 is 10.1 Å². The van der Waals surface area contributed by atoms with Crippen molar-refractivity contribution in [2.24, 2.45) is 0 Å². The maximum Gasteiger partial charge on any atom is 0.243 e. The maximum absolute atomic E-state index is 12.8. The molecule has 0 saturated heterocycles. The summed E-state index contributed by atoms with van der Waals surface area (Å²) in [5.74, 6) is 0.342. The molecular weight excluding hydrogens is 388 g/mol. The molecule has 0 saturated carbocycles. The minimum absolute atomic E-state index is 0.282. The Labute approximate surface area is 173 Å². The SMILES string of the molecule is Cc1ccc(OC[C@H](C)NC(=O)[C@H](C)N(c2cc(C)ccc2C)S(C)(=O)=O)cc1. The second-order valence-corrected chi connectivity index (χ2v) is 9.42. The number of carbonyl (C=O) groups excluding carboxylic acids is 1. The summed E-state index contributed by atoms with van der Waals surface area (Å²) < 4.78 is 31.9. The summed E-state index contributed by atoms with van der Waals surface area (Å²) in [6.45, 7) is 9.41. The topological polar surface area (TPSA) is 75.7 Å². The van der Waals surface area contributed by atoms with E-state index in [1.165, 1.54) is 4.31 Å². The summed E-state index contributed by atoms with van der Waals surface area (Å²) >= 11 is 0. The molecule has 7 heteroatoms. The van der Waals surface area contributed by atoms with Crippen molar-refractivity contribution >= 4 is 21.6 Å². The average molecular weight is 419 g/mol. The van der Waals surface area contributed by atoms with Gasteiger partial charge in [0.15, 0.2) is 0 Å². The number of amides is 1. The predicted molar refractivity (Wildman–Crippen MR) is 117 cm³/mol. The lowest BCUT2D eigenvalue weighted by molar-refractivity contribution is -0.122. The van der Waals surface area contributed by atoms with Crippen molar-refractivity contribution in [2.45, 2.75) is 46.7 Å². The molecule has 0 aliphatic carbocycles. The van der Waals surface area contributed by atoms with Crippen LogP contribution >= 0.6 is 0 Å². The molecule has 1 amide bonds. The van der Waals surface area contributed by atoms with Crippen molar-refractivity contribution in [3.05, 3.63) is 59.2 Å². The van der Waals surface area contributed by atoms with Crippen LogP contribution in [0.2, 0.25) is 0 Å². The third-order valence-electron chi connectivity index (χ3n) is 4.60. The third-order valence-corrected chi connectivity index (χ3v) is 5.83. The molecule has 0 radical (unpaired) electrons. The number of sulfonamides is 1. The molecule has 0 aromatic heterocycles. The van der Waals surface area contributed by atoms with Crippen LogP contribution in [0.4, 0.5) is 5.69 Å². The molecule has 0 bridgehead atoms. The van der Waals surface area contributed by atoms with Crippen molar-refractivity contribution < 1.29 is 17.9 Å². The Morgan fingerprint density at radius 3 is 2.21 bits per heavy atom. The molecule has 2 aromatic rings. The molecule has 0 fully saturated rings. The van der Waals surface area contributed by atoms with Gasteiger partial charge in [0, 0.05) is 0 Å². The van der Waals surface area contributed by atoms with Crippen LogP contribution in [-0.4, -0.2) is 39.3 Å². The van der Waals surface area contributed by atoms with Gasteiger partial charge >= 0.3 is 0 Å². The first-order chi connectivity index (χ1) is 13.5. The quantitative estimate of drug-likeness (QED) is 0.713. The molecule has 0 unspecified atom stereocenters. The molecular formula is C22H30N2O4S. The summed E-state index contributed by atoms with van der Waals surface area (Å²) in [7, 11) is -3.66. The largest absolute Gasteiger partial charge is 0.491 e. The first-order valence-electron chi connectivity index (χ1n) is 9.55. The van der Waals surface area contributed by atoms with E-state index < -0.39 is 16.1 Å². The zero-order valence-corrected chi connectivity index (χ0v) is 18.7. The lowest BCUT2D eigenvalue weighted by Crippen LogP contribution is -2.51. The molecule has 1 N–H and O–H groups in total. The van der Waals surface area contributed by atoms with Gasteiger partial charge in [-0.2, -0.15) is 0 Å². The minimum Gasteiger partial charge on any atom is -0.491 e. The van der Waals surface area contributed by atoms with Crippen LogP contribution in [0.25, 0.3) is 0 Å². The molecule has 2 rings (SSSR count). The van der Waals surface area contributed by atoms with Crippen LogP contribution in [0.1, 0.15) is 30.5 Å². The molecule has 158 valence electrons. The van der Waals surface area contributed by atoms with E-state index in [-0.39, 0.29) is 18.6 Å². The monoisotopic (exact) mass is 418 g/mol. The van der Waals surface area contributed by atoms with Crippen molar-refractivity contribution in [1.82, 2.24) is 5.32 Å². The first kappa shape index (κ1) is 22.7. The van der Waals surface area contributed by atoms with Gasteiger partial charge in [-0.3, -0.25) is 9.10 Å². The Morgan fingerprint density at radius 1 is 1.03 bits per heavy atom. The van der Waals surface area contributed by atoms with Crippen LogP contribution in [0.3, 0.4) is 0 Å². The zero-order valence-electron chi connectivity index (χ0n) is 17.9. The van der Waals surface area contributed by atoms with Crippen LogP contribution in [0.15, 0.2) is 42.5 Å². The number of anilines is 1. The number of hydrogen-bond acceptors (Lipinski definition) is 4. The van der Waals surface area contributed by atoms with Crippen molar-refractivity contribution in [1.29, 1.82) is 0 Å². The number of rotatable bonds is 8. The summed E-state index contributed by atoms with van der Waals surface area (Å²) in [5, 5.41) is 2.85. The Bertz CT molecular complexity index is 955. The highest BCUT2D eigenvalue weighted by Gasteiger charge is 2.30. The van der Waals surface area contributed by atoms with Crippen molar-refractivity contribution in [3.63, 3.8) is 0 Å². The van der Waals surface area contributed by atoms with Gasteiger partial charge in [0.2, 0.25) is 15.9 Å². The maximum atomic E-state index is 12.8. The van der Waals surface area contributed by atoms with Crippen molar-refractivity contribution in [2.75, 3.05) is 17.2 Å². The second-order valence-electron chi connectivity index (χ2n) is 7.56.